The summed E-state index contributed by atoms with van der Waals surface area (Å²) in [5.74, 6) is -0.412. The van der Waals surface area contributed by atoms with E-state index in [4.69, 9.17) is 9.47 Å². The van der Waals surface area contributed by atoms with Crippen LogP contribution in [0.4, 0.5) is 17.1 Å². The van der Waals surface area contributed by atoms with E-state index in [-0.39, 0.29) is 24.7 Å². The second kappa shape index (κ2) is 4.70. The molecule has 0 N–H and O–H groups in total. The fraction of sp³-hybridized carbons (Fsp3) is 0.222. The van der Waals surface area contributed by atoms with Crippen LogP contribution < -0.4 is 9.47 Å². The zero-order chi connectivity index (χ0) is 14.0. The monoisotopic (exact) mass is 267 g/mol. The Bertz CT molecular complexity index is 621. The third-order valence-electron chi connectivity index (χ3n) is 2.29. The molecule has 0 bridgehead atoms. The number of carbonyl (C=O) groups excluding carboxylic acids is 1. The van der Waals surface area contributed by atoms with Gasteiger partial charge in [-0.3, -0.25) is 20.2 Å². The Morgan fingerprint density at radius 2 is 1.79 bits per heavy atom. The second-order valence-corrected chi connectivity index (χ2v) is 3.33. The fourth-order valence-corrected chi connectivity index (χ4v) is 1.63. The molecule has 10 heteroatoms. The number of nitro benzene ring substituents is 2. The number of fused-ring (bicyclic) bond motifs is 1. The van der Waals surface area contributed by atoms with Crippen LogP contribution in [0.15, 0.2) is 11.1 Å². The minimum atomic E-state index is -1.01. The normalized spacial score (nSPS) is 12.4. The van der Waals surface area contributed by atoms with Crippen molar-refractivity contribution in [3.63, 3.8) is 0 Å². The summed E-state index contributed by atoms with van der Waals surface area (Å²) >= 11 is 0. The Kier molecular flexibility index (Phi) is 3.08. The molecule has 1 aromatic rings. The molecule has 1 aliphatic rings. The molecule has 2 rings (SSSR count). The second-order valence-electron chi connectivity index (χ2n) is 3.33. The number of nitrogens with zero attached hydrogens (tertiary/aromatic N) is 3. The van der Waals surface area contributed by atoms with E-state index >= 15 is 0 Å². The van der Waals surface area contributed by atoms with Crippen LogP contribution >= 0.6 is 0 Å². The van der Waals surface area contributed by atoms with Crippen LogP contribution in [0, 0.1) is 20.2 Å². The van der Waals surface area contributed by atoms with E-state index in [1.54, 1.807) is 0 Å². The van der Waals surface area contributed by atoms with Crippen LogP contribution in [-0.4, -0.2) is 29.1 Å². The summed E-state index contributed by atoms with van der Waals surface area (Å²) in [6, 6.07) is 1.03. The van der Waals surface area contributed by atoms with Gasteiger partial charge in [0, 0.05) is 6.07 Å². The van der Waals surface area contributed by atoms with Crippen molar-refractivity contribution in [3.05, 3.63) is 26.3 Å². The van der Waals surface area contributed by atoms with Crippen molar-refractivity contribution in [2.24, 2.45) is 4.99 Å². The van der Waals surface area contributed by atoms with Crippen LogP contribution in [0.2, 0.25) is 0 Å². The molecule has 0 atom stereocenters. The number of isocyanates is 1. The van der Waals surface area contributed by atoms with Gasteiger partial charge in [0.25, 0.3) is 0 Å². The molecule has 19 heavy (non-hydrogen) atoms. The third-order valence-corrected chi connectivity index (χ3v) is 2.29. The van der Waals surface area contributed by atoms with Crippen LogP contribution in [0.5, 0.6) is 11.5 Å². The number of ether oxygens (including phenoxy) is 2. The van der Waals surface area contributed by atoms with Gasteiger partial charge in [0.2, 0.25) is 11.8 Å². The Balaban J connectivity index is 2.84. The minimum absolute atomic E-state index is 0.0291. The first kappa shape index (κ1) is 12.5. The van der Waals surface area contributed by atoms with Crippen molar-refractivity contribution >= 4 is 23.1 Å². The molecule has 0 radical (unpaired) electrons. The average molecular weight is 267 g/mol. The predicted octanol–water partition coefficient (Wildman–Crippen LogP) is 1.24. The molecular formula is C9H5N3O7. The lowest BCUT2D eigenvalue weighted by Crippen LogP contribution is -2.17. The molecule has 0 aromatic heterocycles. The van der Waals surface area contributed by atoms with E-state index in [1.165, 1.54) is 0 Å². The van der Waals surface area contributed by atoms with E-state index in [0.717, 1.165) is 12.1 Å². The Labute approximate surface area is 104 Å². The number of rotatable bonds is 3. The first-order valence-electron chi connectivity index (χ1n) is 4.89. The quantitative estimate of drug-likeness (QED) is 0.348. The van der Waals surface area contributed by atoms with Gasteiger partial charge < -0.3 is 9.47 Å². The molecule has 98 valence electrons. The maximum Gasteiger partial charge on any atom is 0.393 e. The van der Waals surface area contributed by atoms with Gasteiger partial charge in [0.15, 0.2) is 11.4 Å². The Morgan fingerprint density at radius 1 is 1.16 bits per heavy atom. The van der Waals surface area contributed by atoms with Crippen molar-refractivity contribution in [1.29, 1.82) is 0 Å². The zero-order valence-electron chi connectivity index (χ0n) is 9.19. The minimum Gasteiger partial charge on any atom is -0.486 e. The van der Waals surface area contributed by atoms with Crippen LogP contribution in [0.3, 0.4) is 0 Å². The standard InChI is InChI=1S/C9H5N3O7/c13-4-10-5-3-6-9(19-2-1-18-6)8(12(16)17)7(5)11(14)15/h3H,1-2H2. The van der Waals surface area contributed by atoms with E-state index < -0.39 is 26.9 Å². The van der Waals surface area contributed by atoms with Gasteiger partial charge in [-0.1, -0.05) is 0 Å². The van der Waals surface area contributed by atoms with E-state index in [2.05, 4.69) is 4.99 Å². The van der Waals surface area contributed by atoms with Gasteiger partial charge in [0.05, 0.1) is 9.85 Å². The molecule has 0 saturated carbocycles. The van der Waals surface area contributed by atoms with E-state index in [1.807, 2.05) is 0 Å². The van der Waals surface area contributed by atoms with E-state index in [9.17, 15) is 25.0 Å². The largest absolute Gasteiger partial charge is 0.486 e. The lowest BCUT2D eigenvalue weighted by molar-refractivity contribution is -0.422. The first-order chi connectivity index (χ1) is 9.06. The van der Waals surface area contributed by atoms with Gasteiger partial charge >= 0.3 is 11.4 Å². The van der Waals surface area contributed by atoms with Crippen molar-refractivity contribution < 1.29 is 24.1 Å². The molecule has 1 aliphatic heterocycles. The number of benzene rings is 1. The summed E-state index contributed by atoms with van der Waals surface area (Å²) in [6.07, 6.45) is 1.10. The van der Waals surface area contributed by atoms with Crippen LogP contribution in [0.25, 0.3) is 0 Å². The van der Waals surface area contributed by atoms with Crippen molar-refractivity contribution in [3.8, 4) is 11.5 Å². The fourth-order valence-electron chi connectivity index (χ4n) is 1.63. The zero-order valence-corrected chi connectivity index (χ0v) is 9.19. The predicted molar refractivity (Wildman–Crippen MR) is 58.5 cm³/mol. The third kappa shape index (κ3) is 2.07. The molecule has 10 nitrogen and oxygen atoms in total. The Morgan fingerprint density at radius 3 is 2.37 bits per heavy atom. The van der Waals surface area contributed by atoms with E-state index in [0.29, 0.717) is 0 Å². The van der Waals surface area contributed by atoms with Crippen LogP contribution in [0.1, 0.15) is 0 Å². The summed E-state index contributed by atoms with van der Waals surface area (Å²) in [4.78, 5) is 33.3. The average Bonchev–Trinajstić information content (AvgIpc) is 2.37. The number of aliphatic imine (C=N–C) groups is 1. The highest BCUT2D eigenvalue weighted by Gasteiger charge is 2.38. The Hall–Kier alpha value is -3.00. The molecule has 0 aliphatic carbocycles. The summed E-state index contributed by atoms with van der Waals surface area (Å²) in [5.41, 5.74) is -2.33. The highest BCUT2D eigenvalue weighted by atomic mass is 16.6. The molecule has 0 saturated heterocycles. The molecule has 0 fully saturated rings. The molecule has 1 heterocycles. The van der Waals surface area contributed by atoms with Gasteiger partial charge in [-0.2, -0.15) is 4.99 Å². The SMILES string of the molecule is O=C=Nc1cc2c(c([N+](=O)[O-])c1[N+](=O)[O-])OCCO2. The molecule has 0 spiro atoms. The maximum absolute atomic E-state index is 11.0. The van der Waals surface area contributed by atoms with Crippen LogP contribution in [-0.2, 0) is 4.79 Å². The summed E-state index contributed by atoms with van der Waals surface area (Å²) in [5, 5.41) is 21.9. The molecule has 1 aromatic carbocycles. The van der Waals surface area contributed by atoms with Gasteiger partial charge in [-0.05, 0) is 0 Å². The van der Waals surface area contributed by atoms with Gasteiger partial charge in [-0.15, -0.1) is 0 Å². The summed E-state index contributed by atoms with van der Waals surface area (Å²) < 4.78 is 10.1. The van der Waals surface area contributed by atoms with Crippen molar-refractivity contribution in [2.75, 3.05) is 13.2 Å². The maximum atomic E-state index is 11.0. The molecule has 0 unspecified atom stereocenters. The topological polar surface area (TPSA) is 134 Å². The van der Waals surface area contributed by atoms with Crippen molar-refractivity contribution in [1.82, 2.24) is 0 Å². The number of hydrogen-bond acceptors (Lipinski definition) is 8. The lowest BCUT2D eigenvalue weighted by atomic mass is 10.2. The van der Waals surface area contributed by atoms with Crippen molar-refractivity contribution in [2.45, 2.75) is 0 Å². The number of hydrogen-bond donors (Lipinski definition) is 0. The molecular weight excluding hydrogens is 262 g/mol. The highest BCUT2D eigenvalue weighted by molar-refractivity contribution is 5.80. The number of nitro groups is 2. The smallest absolute Gasteiger partial charge is 0.393 e. The summed E-state index contributed by atoms with van der Waals surface area (Å²) in [7, 11) is 0. The lowest BCUT2D eigenvalue weighted by Gasteiger charge is -2.18. The van der Waals surface area contributed by atoms with Gasteiger partial charge in [0.1, 0.15) is 13.2 Å². The van der Waals surface area contributed by atoms with Gasteiger partial charge in [-0.25, -0.2) is 4.79 Å². The highest BCUT2D eigenvalue weighted by Crippen LogP contribution is 2.50. The summed E-state index contributed by atoms with van der Waals surface area (Å²) in [6.45, 7) is 0.160. The molecule has 0 amide bonds. The first-order valence-corrected chi connectivity index (χ1v) is 4.89.